The third kappa shape index (κ3) is 4.90. The summed E-state index contributed by atoms with van der Waals surface area (Å²) in [5.74, 6) is 6.04. The summed E-state index contributed by atoms with van der Waals surface area (Å²) in [6, 6.07) is 2.03. The van der Waals surface area contributed by atoms with Crippen molar-refractivity contribution in [2.45, 2.75) is 44.8 Å². The van der Waals surface area contributed by atoms with Gasteiger partial charge in [0.2, 0.25) is 0 Å². The fourth-order valence-electron chi connectivity index (χ4n) is 4.38. The Kier molecular flexibility index (Phi) is 7.25. The zero-order chi connectivity index (χ0) is 26.0. The minimum Gasteiger partial charge on any atom is -0.337 e. The van der Waals surface area contributed by atoms with E-state index in [1.807, 2.05) is 0 Å². The topological polar surface area (TPSA) is 123 Å². The fourth-order valence-corrected chi connectivity index (χ4v) is 4.38. The first kappa shape index (κ1) is 25.5. The number of fused-ring (bicyclic) bond motifs is 1. The Labute approximate surface area is 204 Å². The average molecular weight is 509 g/mol. The van der Waals surface area contributed by atoms with Crippen LogP contribution < -0.4 is 37.6 Å². The second-order valence-corrected chi connectivity index (χ2v) is 8.52. The van der Waals surface area contributed by atoms with Gasteiger partial charge in [0.15, 0.2) is 12.0 Å². The molecule has 2 atom stereocenters. The Hall–Kier alpha value is -3.54. The quantitative estimate of drug-likeness (QED) is 0.367. The first-order chi connectivity index (χ1) is 17.1. The normalized spacial score (nSPS) is 19.9. The van der Waals surface area contributed by atoms with Crippen LogP contribution in [0.1, 0.15) is 31.0 Å². The Balaban J connectivity index is 1.64. The fraction of sp³-hybridized carbons (Fsp3) is 0.500. The maximum absolute atomic E-state index is 13.4. The van der Waals surface area contributed by atoms with Crippen molar-refractivity contribution in [2.24, 2.45) is 12.8 Å². The zero-order valence-corrected chi connectivity index (χ0v) is 19.8. The largest absolute Gasteiger partial charge is 0.418 e. The molecule has 36 heavy (non-hydrogen) atoms. The standard InChI is InChI=1S/C22H27F3N8O3/c1-3-4-11-32-17-18(29-20(32)31-10-6-7-14(26)13-31)30(2)21(35)33(19(17)34)36-28-12-16-15(22(23,24)25)8-5-9-27-16/h5,8-9,14,20,28-29H,6-7,10-13,26H2,1-2H3. The van der Waals surface area contributed by atoms with E-state index in [0.717, 1.165) is 25.5 Å². The third-order valence-corrected chi connectivity index (χ3v) is 6.11. The summed E-state index contributed by atoms with van der Waals surface area (Å²) in [5, 5.41) is 3.23. The summed E-state index contributed by atoms with van der Waals surface area (Å²) in [7, 11) is 1.46. The van der Waals surface area contributed by atoms with Gasteiger partial charge in [-0.25, -0.2) is 4.79 Å². The van der Waals surface area contributed by atoms with Crippen LogP contribution in [0.3, 0.4) is 0 Å². The Morgan fingerprint density at radius 1 is 1.36 bits per heavy atom. The number of likely N-dealkylation sites (tertiary alicyclic amines) is 1. The molecule has 0 saturated carbocycles. The van der Waals surface area contributed by atoms with Crippen molar-refractivity contribution in [3.05, 3.63) is 50.4 Å². The van der Waals surface area contributed by atoms with E-state index in [0.29, 0.717) is 11.3 Å². The molecule has 14 heteroatoms. The number of anilines is 2. The lowest BCUT2D eigenvalue weighted by atomic mass is 10.1. The van der Waals surface area contributed by atoms with Gasteiger partial charge in [0.05, 0.1) is 24.3 Å². The van der Waals surface area contributed by atoms with Crippen LogP contribution in [-0.4, -0.2) is 51.1 Å². The molecule has 4 rings (SSSR count). The number of nitrogens with two attached hydrogens (primary N) is 1. The molecule has 0 amide bonds. The molecule has 2 aromatic heterocycles. The molecular formula is C22H27F3N8O3. The molecule has 11 nitrogen and oxygen atoms in total. The number of piperidine rings is 1. The van der Waals surface area contributed by atoms with E-state index < -0.39 is 35.8 Å². The van der Waals surface area contributed by atoms with Crippen LogP contribution in [0.5, 0.6) is 0 Å². The SMILES string of the molecule is CC#CCN1c2c(n(C)c(=O)n(ONCc3ncccc3C(F)(F)F)c2=O)NC1N1CCCC(N)C1. The number of rotatable bonds is 6. The van der Waals surface area contributed by atoms with Crippen LogP contribution >= 0.6 is 0 Å². The molecule has 4 heterocycles. The highest BCUT2D eigenvalue weighted by atomic mass is 19.4. The molecule has 2 unspecified atom stereocenters. The van der Waals surface area contributed by atoms with Crippen LogP contribution in [0, 0.1) is 11.8 Å². The first-order valence-electron chi connectivity index (χ1n) is 11.3. The number of hydroxylamine groups is 1. The molecule has 0 bridgehead atoms. The minimum absolute atomic E-state index is 0.0235. The van der Waals surface area contributed by atoms with Crippen molar-refractivity contribution in [3.63, 3.8) is 0 Å². The molecule has 0 spiro atoms. The number of nitrogens with zero attached hydrogens (tertiary/aromatic N) is 5. The van der Waals surface area contributed by atoms with E-state index in [1.165, 1.54) is 23.9 Å². The summed E-state index contributed by atoms with van der Waals surface area (Å²) in [4.78, 5) is 39.0. The highest BCUT2D eigenvalue weighted by Crippen LogP contribution is 2.32. The van der Waals surface area contributed by atoms with Crippen molar-refractivity contribution in [2.75, 3.05) is 29.9 Å². The number of alkyl halides is 3. The van der Waals surface area contributed by atoms with E-state index in [9.17, 15) is 22.8 Å². The van der Waals surface area contributed by atoms with Gasteiger partial charge in [-0.15, -0.1) is 11.4 Å². The maximum atomic E-state index is 13.4. The van der Waals surface area contributed by atoms with Gasteiger partial charge in [-0.2, -0.15) is 13.2 Å². The predicted molar refractivity (Wildman–Crippen MR) is 126 cm³/mol. The molecule has 2 aromatic rings. The molecule has 0 radical (unpaired) electrons. The third-order valence-electron chi connectivity index (χ3n) is 6.11. The summed E-state index contributed by atoms with van der Waals surface area (Å²) < 4.78 is 41.4. The van der Waals surface area contributed by atoms with Crippen molar-refractivity contribution >= 4 is 11.5 Å². The Morgan fingerprint density at radius 2 is 2.14 bits per heavy atom. The summed E-state index contributed by atoms with van der Waals surface area (Å²) >= 11 is 0. The van der Waals surface area contributed by atoms with E-state index >= 15 is 0 Å². The van der Waals surface area contributed by atoms with Crippen molar-refractivity contribution in [1.29, 1.82) is 0 Å². The molecule has 1 fully saturated rings. The second-order valence-electron chi connectivity index (χ2n) is 8.52. The van der Waals surface area contributed by atoms with E-state index in [-0.39, 0.29) is 29.8 Å². The predicted octanol–water partition coefficient (Wildman–Crippen LogP) is 0.0561. The van der Waals surface area contributed by atoms with Crippen LogP contribution in [0.2, 0.25) is 0 Å². The van der Waals surface area contributed by atoms with Gasteiger partial charge in [0.25, 0.3) is 0 Å². The van der Waals surface area contributed by atoms with Crippen LogP contribution in [-0.2, 0) is 19.8 Å². The molecule has 4 N–H and O–H groups in total. The van der Waals surface area contributed by atoms with Gasteiger partial charge in [0, 0.05) is 32.4 Å². The van der Waals surface area contributed by atoms with Crippen molar-refractivity contribution < 1.29 is 18.1 Å². The number of pyridine rings is 1. The lowest BCUT2D eigenvalue weighted by Gasteiger charge is -2.39. The van der Waals surface area contributed by atoms with Crippen LogP contribution in [0.4, 0.5) is 24.7 Å². The maximum Gasteiger partial charge on any atom is 0.418 e. The number of halogens is 3. The minimum atomic E-state index is -4.62. The van der Waals surface area contributed by atoms with Crippen molar-refractivity contribution in [3.8, 4) is 11.8 Å². The molecule has 2 aliphatic heterocycles. The van der Waals surface area contributed by atoms with Crippen LogP contribution in [0.25, 0.3) is 0 Å². The average Bonchev–Trinajstić information content (AvgIpc) is 3.23. The molecule has 194 valence electrons. The Bertz CT molecular complexity index is 1300. The molecular weight excluding hydrogens is 481 g/mol. The number of aromatic nitrogens is 3. The summed E-state index contributed by atoms with van der Waals surface area (Å²) in [6.07, 6.45) is -2.10. The van der Waals surface area contributed by atoms with E-state index in [4.69, 9.17) is 10.7 Å². The van der Waals surface area contributed by atoms with Gasteiger partial charge in [-0.3, -0.25) is 19.2 Å². The lowest BCUT2D eigenvalue weighted by Crippen LogP contribution is -2.56. The van der Waals surface area contributed by atoms with Gasteiger partial charge < -0.3 is 20.9 Å². The molecule has 0 aromatic carbocycles. The smallest absolute Gasteiger partial charge is 0.337 e. The second kappa shape index (κ2) is 10.2. The van der Waals surface area contributed by atoms with Gasteiger partial charge in [-0.1, -0.05) is 10.7 Å². The van der Waals surface area contributed by atoms with Gasteiger partial charge >= 0.3 is 17.4 Å². The van der Waals surface area contributed by atoms with Crippen molar-refractivity contribution in [1.82, 2.24) is 24.7 Å². The van der Waals surface area contributed by atoms with Gasteiger partial charge in [0.1, 0.15) is 5.82 Å². The monoisotopic (exact) mass is 508 g/mol. The molecule has 1 saturated heterocycles. The van der Waals surface area contributed by atoms with Crippen LogP contribution in [0.15, 0.2) is 27.9 Å². The van der Waals surface area contributed by atoms with E-state index in [2.05, 4.69) is 32.5 Å². The summed E-state index contributed by atoms with van der Waals surface area (Å²) in [6.45, 7) is 2.69. The number of nitrogens with one attached hydrogen (secondary N) is 2. The Morgan fingerprint density at radius 3 is 2.83 bits per heavy atom. The highest BCUT2D eigenvalue weighted by Gasteiger charge is 2.39. The molecule has 2 aliphatic rings. The van der Waals surface area contributed by atoms with E-state index in [1.54, 1.807) is 11.8 Å². The summed E-state index contributed by atoms with van der Waals surface area (Å²) in [5.41, 5.74) is 5.65. The van der Waals surface area contributed by atoms with Gasteiger partial charge in [-0.05, 0) is 31.9 Å². The lowest BCUT2D eigenvalue weighted by molar-refractivity contribution is -0.138. The highest BCUT2D eigenvalue weighted by molar-refractivity contribution is 5.72. The first-order valence-corrected chi connectivity index (χ1v) is 11.3. The number of hydrogen-bond donors (Lipinski definition) is 3. The molecule has 0 aliphatic carbocycles. The number of hydrogen-bond acceptors (Lipinski definition) is 9. The zero-order valence-electron chi connectivity index (χ0n) is 19.8.